The van der Waals surface area contributed by atoms with Crippen LogP contribution < -0.4 is 0 Å². The van der Waals surface area contributed by atoms with E-state index < -0.39 is 0 Å². The molecule has 0 amide bonds. The van der Waals surface area contributed by atoms with Crippen LogP contribution in [0.15, 0.2) is 0 Å². The number of hydrogen-bond donors (Lipinski definition) is 0. The number of methoxy groups -OCH3 is 1. The van der Waals surface area contributed by atoms with E-state index in [0.29, 0.717) is 18.4 Å². The number of carbonyl (C=O) groups excluding carboxylic acids is 1. The fourth-order valence-corrected chi connectivity index (χ4v) is 2.96. The normalized spacial score (nSPS) is 29.6. The van der Waals surface area contributed by atoms with Gasteiger partial charge in [-0.25, -0.2) is 0 Å². The maximum absolute atomic E-state index is 11.2. The van der Waals surface area contributed by atoms with E-state index in [0.717, 1.165) is 45.9 Å². The minimum atomic E-state index is -0.113. The zero-order valence-electron chi connectivity index (χ0n) is 12.1. The molecule has 5 nitrogen and oxygen atoms in total. The molecule has 0 unspecified atom stereocenters. The summed E-state index contributed by atoms with van der Waals surface area (Å²) in [6, 6.07) is 0.562. The van der Waals surface area contributed by atoms with Gasteiger partial charge in [-0.3, -0.25) is 14.6 Å². The van der Waals surface area contributed by atoms with Crippen LogP contribution in [0.4, 0.5) is 0 Å². The summed E-state index contributed by atoms with van der Waals surface area (Å²) in [5.41, 5.74) is 0. The Bertz CT molecular complexity index is 292. The van der Waals surface area contributed by atoms with Crippen LogP contribution in [0.1, 0.15) is 19.8 Å². The second-order valence-electron chi connectivity index (χ2n) is 5.70. The van der Waals surface area contributed by atoms with Crippen molar-refractivity contribution >= 4 is 5.97 Å². The highest BCUT2D eigenvalue weighted by Crippen LogP contribution is 2.18. The largest absolute Gasteiger partial charge is 0.469 e. The van der Waals surface area contributed by atoms with Crippen LogP contribution >= 0.6 is 0 Å². The molecule has 0 bridgehead atoms. The van der Waals surface area contributed by atoms with Gasteiger partial charge in [0.15, 0.2) is 0 Å². The molecule has 2 aliphatic rings. The number of ether oxygens (including phenoxy) is 2. The van der Waals surface area contributed by atoms with Gasteiger partial charge in [0.2, 0.25) is 0 Å². The molecule has 2 heterocycles. The Hall–Kier alpha value is -0.650. The Morgan fingerprint density at radius 3 is 2.89 bits per heavy atom. The Balaban J connectivity index is 1.69. The van der Waals surface area contributed by atoms with Crippen LogP contribution in [-0.4, -0.2) is 74.9 Å². The van der Waals surface area contributed by atoms with Gasteiger partial charge in [-0.05, 0) is 19.3 Å². The Labute approximate surface area is 115 Å². The first-order chi connectivity index (χ1) is 9.19. The van der Waals surface area contributed by atoms with Crippen molar-refractivity contribution in [2.45, 2.75) is 25.8 Å². The lowest BCUT2D eigenvalue weighted by molar-refractivity contribution is -0.141. The molecule has 0 aromatic heterocycles. The van der Waals surface area contributed by atoms with Crippen molar-refractivity contribution in [3.05, 3.63) is 0 Å². The first-order valence-electron chi connectivity index (χ1n) is 7.30. The van der Waals surface area contributed by atoms with E-state index in [1.807, 2.05) is 0 Å². The van der Waals surface area contributed by atoms with Crippen LogP contribution in [0, 0.1) is 5.92 Å². The molecule has 0 N–H and O–H groups in total. The van der Waals surface area contributed by atoms with Gasteiger partial charge in [-0.15, -0.1) is 0 Å². The lowest BCUT2D eigenvalue weighted by atomic mass is 10.1. The van der Waals surface area contributed by atoms with E-state index in [4.69, 9.17) is 4.74 Å². The Morgan fingerprint density at radius 1 is 1.42 bits per heavy atom. The van der Waals surface area contributed by atoms with Crippen LogP contribution in [0.3, 0.4) is 0 Å². The van der Waals surface area contributed by atoms with Crippen molar-refractivity contribution in [3.63, 3.8) is 0 Å². The van der Waals surface area contributed by atoms with Gasteiger partial charge >= 0.3 is 5.97 Å². The van der Waals surface area contributed by atoms with Crippen LogP contribution in [-0.2, 0) is 14.3 Å². The number of esters is 1. The molecule has 2 saturated heterocycles. The Kier molecular flexibility index (Phi) is 5.60. The molecule has 2 fully saturated rings. The van der Waals surface area contributed by atoms with E-state index in [1.165, 1.54) is 13.5 Å². The molecule has 0 aromatic carbocycles. The lowest BCUT2D eigenvalue weighted by Crippen LogP contribution is -2.53. The number of carbonyl (C=O) groups is 1. The van der Waals surface area contributed by atoms with Gasteiger partial charge in [0, 0.05) is 45.4 Å². The number of nitrogens with zero attached hydrogens (tertiary/aromatic N) is 2. The summed E-state index contributed by atoms with van der Waals surface area (Å²) >= 11 is 0. The van der Waals surface area contributed by atoms with Crippen LogP contribution in [0.2, 0.25) is 0 Å². The summed E-state index contributed by atoms with van der Waals surface area (Å²) < 4.78 is 10.1. The van der Waals surface area contributed by atoms with E-state index >= 15 is 0 Å². The third-order valence-electron chi connectivity index (χ3n) is 4.23. The van der Waals surface area contributed by atoms with Crippen molar-refractivity contribution in [1.29, 1.82) is 0 Å². The summed E-state index contributed by atoms with van der Waals surface area (Å²) in [5, 5.41) is 0. The van der Waals surface area contributed by atoms with Crippen molar-refractivity contribution in [2.75, 3.05) is 53.0 Å². The molecule has 5 heteroatoms. The van der Waals surface area contributed by atoms with Gasteiger partial charge < -0.3 is 9.47 Å². The second kappa shape index (κ2) is 7.22. The lowest BCUT2D eigenvalue weighted by Gasteiger charge is -2.40. The number of rotatable bonds is 5. The SMILES string of the molecule is COC(=O)CCN1CCN(C[C@@H]2CCOC2)[C@@H](C)C1. The van der Waals surface area contributed by atoms with Gasteiger partial charge in [-0.1, -0.05) is 0 Å². The minimum Gasteiger partial charge on any atom is -0.469 e. The summed E-state index contributed by atoms with van der Waals surface area (Å²) in [5.74, 6) is 0.599. The van der Waals surface area contributed by atoms with Gasteiger partial charge in [-0.2, -0.15) is 0 Å². The highest BCUT2D eigenvalue weighted by Gasteiger charge is 2.27. The van der Waals surface area contributed by atoms with E-state index in [9.17, 15) is 4.79 Å². The minimum absolute atomic E-state index is 0.113. The average Bonchev–Trinajstić information content (AvgIpc) is 2.91. The standard InChI is InChI=1S/C14H26N2O3/c1-12-9-15(5-3-14(17)18-2)6-7-16(12)10-13-4-8-19-11-13/h12-13H,3-11H2,1-2H3/t12-,13-/m0/s1. The molecule has 2 aliphatic heterocycles. The van der Waals surface area contributed by atoms with Gasteiger partial charge in [0.05, 0.1) is 20.1 Å². The topological polar surface area (TPSA) is 42.0 Å². The first-order valence-corrected chi connectivity index (χ1v) is 7.30. The molecule has 0 aromatic rings. The number of piperazine rings is 1. The zero-order valence-corrected chi connectivity index (χ0v) is 12.1. The molecule has 2 atom stereocenters. The smallest absolute Gasteiger partial charge is 0.306 e. The molecule has 0 spiro atoms. The van der Waals surface area contributed by atoms with Gasteiger partial charge in [0.25, 0.3) is 0 Å². The predicted octanol–water partition coefficient (Wildman–Crippen LogP) is 0.592. The quantitative estimate of drug-likeness (QED) is 0.684. The predicted molar refractivity (Wildman–Crippen MR) is 73.0 cm³/mol. The molecule has 0 aliphatic carbocycles. The van der Waals surface area contributed by atoms with Crippen molar-refractivity contribution < 1.29 is 14.3 Å². The van der Waals surface area contributed by atoms with Crippen molar-refractivity contribution in [3.8, 4) is 0 Å². The highest BCUT2D eigenvalue weighted by atomic mass is 16.5. The van der Waals surface area contributed by atoms with Crippen molar-refractivity contribution in [2.24, 2.45) is 5.92 Å². The van der Waals surface area contributed by atoms with E-state index in [-0.39, 0.29) is 5.97 Å². The molecule has 0 radical (unpaired) electrons. The number of hydrogen-bond acceptors (Lipinski definition) is 5. The van der Waals surface area contributed by atoms with E-state index in [1.54, 1.807) is 0 Å². The van der Waals surface area contributed by atoms with Crippen molar-refractivity contribution in [1.82, 2.24) is 9.80 Å². The molecule has 0 saturated carbocycles. The fourth-order valence-electron chi connectivity index (χ4n) is 2.96. The zero-order chi connectivity index (χ0) is 13.7. The molecular formula is C14H26N2O3. The average molecular weight is 270 g/mol. The van der Waals surface area contributed by atoms with E-state index in [2.05, 4.69) is 21.5 Å². The maximum atomic E-state index is 11.2. The highest BCUT2D eigenvalue weighted by molar-refractivity contribution is 5.69. The molecule has 2 rings (SSSR count). The summed E-state index contributed by atoms with van der Waals surface area (Å²) in [6.07, 6.45) is 1.70. The summed E-state index contributed by atoms with van der Waals surface area (Å²) in [4.78, 5) is 16.1. The van der Waals surface area contributed by atoms with Crippen LogP contribution in [0.5, 0.6) is 0 Å². The third kappa shape index (κ3) is 4.44. The van der Waals surface area contributed by atoms with Gasteiger partial charge in [0.1, 0.15) is 0 Å². The summed E-state index contributed by atoms with van der Waals surface area (Å²) in [6.45, 7) is 9.30. The fraction of sp³-hybridized carbons (Fsp3) is 0.929. The monoisotopic (exact) mass is 270 g/mol. The second-order valence-corrected chi connectivity index (χ2v) is 5.70. The molecular weight excluding hydrogens is 244 g/mol. The van der Waals surface area contributed by atoms with Crippen LogP contribution in [0.25, 0.3) is 0 Å². The third-order valence-corrected chi connectivity index (χ3v) is 4.23. The molecule has 110 valence electrons. The maximum Gasteiger partial charge on any atom is 0.306 e. The molecule has 19 heavy (non-hydrogen) atoms. The first kappa shape index (κ1) is 14.8. The summed E-state index contributed by atoms with van der Waals surface area (Å²) in [7, 11) is 1.45. The Morgan fingerprint density at radius 2 is 2.26 bits per heavy atom.